The average Bonchev–Trinajstić information content (AvgIpc) is 3.10. The van der Waals surface area contributed by atoms with E-state index in [1.54, 1.807) is 42.6 Å². The van der Waals surface area contributed by atoms with Gasteiger partial charge < -0.3 is 9.73 Å². The molecule has 0 spiro atoms. The van der Waals surface area contributed by atoms with E-state index < -0.39 is 0 Å². The van der Waals surface area contributed by atoms with E-state index in [4.69, 9.17) is 4.42 Å². The number of rotatable bonds is 6. The summed E-state index contributed by atoms with van der Waals surface area (Å²) in [6.07, 6.45) is 2.07. The molecule has 5 nitrogen and oxygen atoms in total. The van der Waals surface area contributed by atoms with E-state index in [0.29, 0.717) is 29.3 Å². The largest absolute Gasteiger partial charge is 0.441 e. The van der Waals surface area contributed by atoms with E-state index >= 15 is 0 Å². The minimum Gasteiger partial charge on any atom is -0.441 e. The molecule has 0 saturated carbocycles. The van der Waals surface area contributed by atoms with Gasteiger partial charge in [-0.15, -0.1) is 0 Å². The Labute approximate surface area is 149 Å². The molecule has 3 aromatic rings. The second kappa shape index (κ2) is 7.74. The van der Waals surface area contributed by atoms with Crippen LogP contribution in [0.2, 0.25) is 0 Å². The summed E-state index contributed by atoms with van der Waals surface area (Å²) in [6.45, 7) is 1.47. The fourth-order valence-electron chi connectivity index (χ4n) is 2.43. The summed E-state index contributed by atoms with van der Waals surface area (Å²) in [5, 5.41) is 2.75. The number of nitrogens with zero attached hydrogens (tertiary/aromatic N) is 1. The fourth-order valence-corrected chi connectivity index (χ4v) is 2.43. The number of hydrogen-bond acceptors (Lipinski definition) is 4. The van der Waals surface area contributed by atoms with Crippen LogP contribution in [0.3, 0.4) is 0 Å². The van der Waals surface area contributed by atoms with E-state index in [1.807, 2.05) is 0 Å². The molecule has 6 heteroatoms. The van der Waals surface area contributed by atoms with Crippen molar-refractivity contribution >= 4 is 17.4 Å². The molecule has 0 saturated heterocycles. The van der Waals surface area contributed by atoms with Crippen LogP contribution in [0.5, 0.6) is 0 Å². The van der Waals surface area contributed by atoms with Gasteiger partial charge in [0, 0.05) is 29.7 Å². The number of carbonyl (C=O) groups is 2. The Kier molecular flexibility index (Phi) is 5.22. The number of aromatic nitrogens is 1. The predicted octanol–water partition coefficient (Wildman–Crippen LogP) is 4.25. The van der Waals surface area contributed by atoms with Gasteiger partial charge in [-0.2, -0.15) is 0 Å². The van der Waals surface area contributed by atoms with Crippen LogP contribution in [-0.4, -0.2) is 16.7 Å². The summed E-state index contributed by atoms with van der Waals surface area (Å²) in [5.41, 5.74) is 1.83. The highest BCUT2D eigenvalue weighted by molar-refractivity contribution is 5.97. The van der Waals surface area contributed by atoms with Crippen LogP contribution in [0.4, 0.5) is 10.1 Å². The highest BCUT2D eigenvalue weighted by atomic mass is 19.1. The standard InChI is InChI=1S/C20H17FN2O3/c1-13(24)15-3-2-4-17(11-15)23-19(25)9-10-20-22-12-18(26-20)14-5-7-16(21)8-6-14/h2-8,11-12H,9-10H2,1H3,(H,23,25). The molecular weight excluding hydrogens is 335 g/mol. The molecule has 0 aliphatic carbocycles. The van der Waals surface area contributed by atoms with Crippen LogP contribution in [0.25, 0.3) is 11.3 Å². The van der Waals surface area contributed by atoms with E-state index in [9.17, 15) is 14.0 Å². The fraction of sp³-hybridized carbons (Fsp3) is 0.150. The normalized spacial score (nSPS) is 10.5. The van der Waals surface area contributed by atoms with Crippen molar-refractivity contribution in [2.75, 3.05) is 5.32 Å². The maximum Gasteiger partial charge on any atom is 0.224 e. The SMILES string of the molecule is CC(=O)c1cccc(NC(=O)CCc2ncc(-c3ccc(F)cc3)o2)c1. The van der Waals surface area contributed by atoms with Crippen molar-refractivity contribution < 1.29 is 18.4 Å². The van der Waals surface area contributed by atoms with E-state index in [-0.39, 0.29) is 23.9 Å². The molecule has 0 fully saturated rings. The molecule has 1 N–H and O–H groups in total. The van der Waals surface area contributed by atoms with Crippen molar-refractivity contribution in [2.24, 2.45) is 0 Å². The van der Waals surface area contributed by atoms with Crippen molar-refractivity contribution in [3.05, 3.63) is 72.0 Å². The number of oxazole rings is 1. The van der Waals surface area contributed by atoms with Crippen molar-refractivity contribution in [2.45, 2.75) is 19.8 Å². The maximum absolute atomic E-state index is 13.0. The lowest BCUT2D eigenvalue weighted by molar-refractivity contribution is -0.116. The van der Waals surface area contributed by atoms with Crippen LogP contribution in [0.1, 0.15) is 29.6 Å². The van der Waals surface area contributed by atoms with Gasteiger partial charge in [0.25, 0.3) is 0 Å². The third kappa shape index (κ3) is 4.42. The minimum absolute atomic E-state index is 0.0609. The van der Waals surface area contributed by atoms with Crippen LogP contribution >= 0.6 is 0 Å². The summed E-state index contributed by atoms with van der Waals surface area (Å²) < 4.78 is 18.6. The molecule has 0 aliphatic heterocycles. The van der Waals surface area contributed by atoms with Gasteiger partial charge in [0.15, 0.2) is 17.4 Å². The minimum atomic E-state index is -0.320. The van der Waals surface area contributed by atoms with Gasteiger partial charge in [0.2, 0.25) is 5.91 Å². The molecule has 2 aromatic carbocycles. The van der Waals surface area contributed by atoms with Gasteiger partial charge in [0.05, 0.1) is 6.20 Å². The van der Waals surface area contributed by atoms with Crippen molar-refractivity contribution in [3.63, 3.8) is 0 Å². The van der Waals surface area contributed by atoms with Crippen molar-refractivity contribution in [1.29, 1.82) is 0 Å². The summed E-state index contributed by atoms with van der Waals surface area (Å²) in [6, 6.07) is 12.7. The molecule has 0 radical (unpaired) electrons. The molecule has 0 unspecified atom stereocenters. The number of aryl methyl sites for hydroxylation is 1. The van der Waals surface area contributed by atoms with E-state index in [1.165, 1.54) is 19.1 Å². The number of halogens is 1. The third-order valence-corrected chi connectivity index (χ3v) is 3.80. The van der Waals surface area contributed by atoms with Gasteiger partial charge in [-0.25, -0.2) is 9.37 Å². The highest BCUT2D eigenvalue weighted by Gasteiger charge is 2.10. The first kappa shape index (κ1) is 17.5. The molecule has 3 rings (SSSR count). The Morgan fingerprint density at radius 2 is 1.92 bits per heavy atom. The molecule has 132 valence electrons. The van der Waals surface area contributed by atoms with Gasteiger partial charge >= 0.3 is 0 Å². The van der Waals surface area contributed by atoms with Crippen LogP contribution in [0, 0.1) is 5.82 Å². The molecular formula is C20H17FN2O3. The summed E-state index contributed by atoms with van der Waals surface area (Å²) in [4.78, 5) is 27.6. The number of anilines is 1. The number of Topliss-reactive ketones (excluding diaryl/α,β-unsaturated/α-hetero) is 1. The predicted molar refractivity (Wildman–Crippen MR) is 95.3 cm³/mol. The molecule has 0 bridgehead atoms. The lowest BCUT2D eigenvalue weighted by Gasteiger charge is -2.05. The first-order chi connectivity index (χ1) is 12.5. The molecule has 0 aliphatic rings. The summed E-state index contributed by atoms with van der Waals surface area (Å²) in [5.74, 6) is 0.368. The van der Waals surface area contributed by atoms with Gasteiger partial charge in [0.1, 0.15) is 5.82 Å². The highest BCUT2D eigenvalue weighted by Crippen LogP contribution is 2.21. The van der Waals surface area contributed by atoms with Gasteiger partial charge in [-0.3, -0.25) is 9.59 Å². The second-order valence-corrected chi connectivity index (χ2v) is 5.81. The van der Waals surface area contributed by atoms with Gasteiger partial charge in [-0.1, -0.05) is 12.1 Å². The van der Waals surface area contributed by atoms with Crippen LogP contribution in [0.15, 0.2) is 59.1 Å². The average molecular weight is 352 g/mol. The lowest BCUT2D eigenvalue weighted by atomic mass is 10.1. The molecule has 1 heterocycles. The zero-order valence-electron chi connectivity index (χ0n) is 14.2. The Bertz CT molecular complexity index is 932. The number of carbonyl (C=O) groups excluding carboxylic acids is 2. The van der Waals surface area contributed by atoms with Gasteiger partial charge in [-0.05, 0) is 43.3 Å². The smallest absolute Gasteiger partial charge is 0.224 e. The Balaban J connectivity index is 1.57. The van der Waals surface area contributed by atoms with Crippen molar-refractivity contribution in [1.82, 2.24) is 4.98 Å². The van der Waals surface area contributed by atoms with Crippen LogP contribution < -0.4 is 5.32 Å². The maximum atomic E-state index is 13.0. The van der Waals surface area contributed by atoms with Crippen molar-refractivity contribution in [3.8, 4) is 11.3 Å². The zero-order chi connectivity index (χ0) is 18.5. The van der Waals surface area contributed by atoms with E-state index in [2.05, 4.69) is 10.3 Å². The third-order valence-electron chi connectivity index (χ3n) is 3.80. The first-order valence-corrected chi connectivity index (χ1v) is 8.13. The topological polar surface area (TPSA) is 72.2 Å². The van der Waals surface area contributed by atoms with E-state index in [0.717, 1.165) is 5.56 Å². The Hall–Kier alpha value is -3.28. The molecule has 1 aromatic heterocycles. The quantitative estimate of drug-likeness (QED) is 0.673. The van der Waals surface area contributed by atoms with Crippen LogP contribution in [-0.2, 0) is 11.2 Å². The first-order valence-electron chi connectivity index (χ1n) is 8.13. The summed E-state index contributed by atoms with van der Waals surface area (Å²) in [7, 11) is 0. The number of benzene rings is 2. The number of hydrogen-bond donors (Lipinski definition) is 1. The second-order valence-electron chi connectivity index (χ2n) is 5.81. The Morgan fingerprint density at radius 3 is 2.65 bits per heavy atom. The monoisotopic (exact) mass is 352 g/mol. The molecule has 26 heavy (non-hydrogen) atoms. The molecule has 1 amide bonds. The lowest BCUT2D eigenvalue weighted by Crippen LogP contribution is -2.12. The number of amides is 1. The number of nitrogens with one attached hydrogen (secondary N) is 1. The number of ketones is 1. The zero-order valence-corrected chi connectivity index (χ0v) is 14.2. The Morgan fingerprint density at radius 1 is 1.15 bits per heavy atom. The molecule has 0 atom stereocenters. The summed E-state index contributed by atoms with van der Waals surface area (Å²) >= 11 is 0.